The molecule has 4 heteroatoms. The van der Waals surface area contributed by atoms with E-state index in [9.17, 15) is 9.59 Å². The molecule has 0 aliphatic heterocycles. The third-order valence-electron chi connectivity index (χ3n) is 1.62. The van der Waals surface area contributed by atoms with Crippen LogP contribution in [0, 0.1) is 0 Å². The van der Waals surface area contributed by atoms with Gasteiger partial charge in [0.15, 0.2) is 0 Å². The lowest BCUT2D eigenvalue weighted by Gasteiger charge is -2.06. The highest BCUT2D eigenvalue weighted by Crippen LogP contribution is 1.96. The third kappa shape index (κ3) is 6.59. The minimum absolute atomic E-state index is 0.389. The van der Waals surface area contributed by atoms with Crippen LogP contribution in [0.3, 0.4) is 0 Å². The van der Waals surface area contributed by atoms with Crippen molar-refractivity contribution in [1.82, 2.24) is 0 Å². The van der Waals surface area contributed by atoms with E-state index in [1.165, 1.54) is 12.2 Å². The van der Waals surface area contributed by atoms with Gasteiger partial charge in [0, 0.05) is 12.2 Å². The second-order valence-electron chi connectivity index (χ2n) is 3.09. The van der Waals surface area contributed by atoms with Gasteiger partial charge in [0.2, 0.25) is 0 Å². The normalized spacial score (nSPS) is 13.9. The van der Waals surface area contributed by atoms with Gasteiger partial charge in [-0.3, -0.25) is 0 Å². The van der Waals surface area contributed by atoms with Crippen molar-refractivity contribution in [2.24, 2.45) is 0 Å². The lowest BCUT2D eigenvalue weighted by molar-refractivity contribution is -0.143. The molecule has 0 aromatic carbocycles. The van der Waals surface area contributed by atoms with Crippen molar-refractivity contribution in [3.63, 3.8) is 0 Å². The van der Waals surface area contributed by atoms with Crippen molar-refractivity contribution >= 4 is 11.9 Å². The van der Waals surface area contributed by atoms with E-state index < -0.39 is 11.9 Å². The Morgan fingerprint density at radius 1 is 0.938 bits per heavy atom. The highest BCUT2D eigenvalue weighted by Gasteiger charge is 2.05. The monoisotopic (exact) mass is 224 g/mol. The van der Waals surface area contributed by atoms with E-state index in [1.807, 2.05) is 0 Å². The Hall–Kier alpha value is -1.84. The van der Waals surface area contributed by atoms with Gasteiger partial charge in [-0.05, 0) is 13.8 Å². The number of hydrogen-bond acceptors (Lipinski definition) is 4. The van der Waals surface area contributed by atoms with Crippen molar-refractivity contribution in [2.45, 2.75) is 26.1 Å². The van der Waals surface area contributed by atoms with Gasteiger partial charge in [0.25, 0.3) is 0 Å². The van der Waals surface area contributed by atoms with Crippen LogP contribution >= 0.6 is 0 Å². The fourth-order valence-electron chi connectivity index (χ4n) is 0.677. The van der Waals surface area contributed by atoms with Crippen LogP contribution < -0.4 is 0 Å². The highest BCUT2D eigenvalue weighted by atomic mass is 16.5. The fourth-order valence-corrected chi connectivity index (χ4v) is 0.677. The number of hydrogen-bond donors (Lipinski definition) is 0. The van der Waals surface area contributed by atoms with E-state index in [2.05, 4.69) is 13.2 Å². The summed E-state index contributed by atoms with van der Waals surface area (Å²) in [5.74, 6) is -1.23. The van der Waals surface area contributed by atoms with Crippen molar-refractivity contribution in [3.05, 3.63) is 37.5 Å². The van der Waals surface area contributed by atoms with Crippen molar-refractivity contribution in [1.29, 1.82) is 0 Å². The molecule has 0 heterocycles. The molecule has 0 saturated carbocycles. The lowest BCUT2D eigenvalue weighted by Crippen LogP contribution is -2.12. The minimum Gasteiger partial charge on any atom is -0.455 e. The van der Waals surface area contributed by atoms with Gasteiger partial charge in [-0.2, -0.15) is 0 Å². The Labute approximate surface area is 95.2 Å². The van der Waals surface area contributed by atoms with Gasteiger partial charge in [0.1, 0.15) is 12.2 Å². The van der Waals surface area contributed by atoms with E-state index >= 15 is 0 Å². The summed E-state index contributed by atoms with van der Waals surface area (Å²) in [6, 6.07) is 0. The van der Waals surface area contributed by atoms with Gasteiger partial charge in [-0.25, -0.2) is 9.59 Å². The summed E-state index contributed by atoms with van der Waals surface area (Å²) in [6.45, 7) is 10.2. The van der Waals surface area contributed by atoms with Crippen LogP contribution in [0.2, 0.25) is 0 Å². The first-order valence-electron chi connectivity index (χ1n) is 4.84. The second-order valence-corrected chi connectivity index (χ2v) is 3.09. The maximum atomic E-state index is 11.1. The molecule has 16 heavy (non-hydrogen) atoms. The number of ether oxygens (including phenoxy) is 2. The topological polar surface area (TPSA) is 52.6 Å². The molecule has 0 fully saturated rings. The Bertz CT molecular complexity index is 274. The SMILES string of the molecule is C=CC(C)OC(=O)/C=C\C(=O)OC(C)C=C. The van der Waals surface area contributed by atoms with Crippen molar-refractivity contribution < 1.29 is 19.1 Å². The average molecular weight is 224 g/mol. The lowest BCUT2D eigenvalue weighted by atomic mass is 10.4. The average Bonchev–Trinajstić information content (AvgIpc) is 2.26. The molecule has 4 nitrogen and oxygen atoms in total. The molecule has 2 unspecified atom stereocenters. The summed E-state index contributed by atoms with van der Waals surface area (Å²) in [6.07, 6.45) is 4.20. The fraction of sp³-hybridized carbons (Fsp3) is 0.333. The number of esters is 2. The zero-order chi connectivity index (χ0) is 12.6. The summed E-state index contributed by atoms with van der Waals surface area (Å²) < 4.78 is 9.62. The van der Waals surface area contributed by atoms with Crippen LogP contribution in [-0.4, -0.2) is 24.1 Å². The second kappa shape index (κ2) is 7.45. The van der Waals surface area contributed by atoms with E-state index in [1.54, 1.807) is 13.8 Å². The number of carbonyl (C=O) groups excluding carboxylic acids is 2. The molecule has 88 valence electrons. The Morgan fingerprint density at radius 3 is 1.50 bits per heavy atom. The molecule has 0 bridgehead atoms. The Morgan fingerprint density at radius 2 is 1.25 bits per heavy atom. The largest absolute Gasteiger partial charge is 0.455 e. The van der Waals surface area contributed by atoms with Gasteiger partial charge < -0.3 is 9.47 Å². The predicted molar refractivity (Wildman–Crippen MR) is 60.6 cm³/mol. The Kier molecular flexibility index (Phi) is 6.59. The summed E-state index contributed by atoms with van der Waals surface area (Å²) in [5.41, 5.74) is 0. The summed E-state index contributed by atoms with van der Waals surface area (Å²) in [5, 5.41) is 0. The first-order valence-corrected chi connectivity index (χ1v) is 4.84. The standard InChI is InChI=1S/C12H16O4/c1-5-9(3)15-11(13)7-8-12(14)16-10(4)6-2/h5-10H,1-2H2,3-4H3/b8-7-. The van der Waals surface area contributed by atoms with E-state index in [0.29, 0.717) is 0 Å². The molecule has 0 aliphatic carbocycles. The quantitative estimate of drug-likeness (QED) is 0.392. The minimum atomic E-state index is -0.615. The van der Waals surface area contributed by atoms with E-state index in [-0.39, 0.29) is 12.2 Å². The van der Waals surface area contributed by atoms with Crippen molar-refractivity contribution in [2.75, 3.05) is 0 Å². The highest BCUT2D eigenvalue weighted by molar-refractivity contribution is 5.91. The molecule has 0 rings (SSSR count). The van der Waals surface area contributed by atoms with Crippen LogP contribution in [0.4, 0.5) is 0 Å². The summed E-state index contributed by atoms with van der Waals surface area (Å²) in [4.78, 5) is 22.2. The van der Waals surface area contributed by atoms with Crippen LogP contribution in [0.5, 0.6) is 0 Å². The Balaban J connectivity index is 4.07. The molecule has 0 saturated heterocycles. The van der Waals surface area contributed by atoms with E-state index in [4.69, 9.17) is 9.47 Å². The molecule has 2 atom stereocenters. The zero-order valence-electron chi connectivity index (χ0n) is 9.51. The maximum absolute atomic E-state index is 11.1. The van der Waals surface area contributed by atoms with Crippen LogP contribution in [0.15, 0.2) is 37.5 Å². The van der Waals surface area contributed by atoms with Crippen LogP contribution in [0.1, 0.15) is 13.8 Å². The molecular formula is C12H16O4. The molecular weight excluding hydrogens is 208 g/mol. The first kappa shape index (κ1) is 14.2. The van der Waals surface area contributed by atoms with Gasteiger partial charge >= 0.3 is 11.9 Å². The first-order chi connectivity index (χ1) is 7.49. The summed E-state index contributed by atoms with van der Waals surface area (Å²) in [7, 11) is 0. The van der Waals surface area contributed by atoms with Gasteiger partial charge in [-0.15, -0.1) is 0 Å². The van der Waals surface area contributed by atoms with E-state index in [0.717, 1.165) is 12.2 Å². The van der Waals surface area contributed by atoms with Crippen LogP contribution in [-0.2, 0) is 19.1 Å². The smallest absolute Gasteiger partial charge is 0.331 e. The molecule has 0 radical (unpaired) electrons. The van der Waals surface area contributed by atoms with Crippen LogP contribution in [0.25, 0.3) is 0 Å². The summed E-state index contributed by atoms with van der Waals surface area (Å²) >= 11 is 0. The third-order valence-corrected chi connectivity index (χ3v) is 1.62. The van der Waals surface area contributed by atoms with Gasteiger partial charge in [0.05, 0.1) is 0 Å². The molecule has 0 spiro atoms. The molecule has 0 aromatic rings. The molecule has 0 aliphatic rings. The van der Waals surface area contributed by atoms with Gasteiger partial charge in [-0.1, -0.05) is 25.3 Å². The molecule has 0 amide bonds. The van der Waals surface area contributed by atoms with Crippen molar-refractivity contribution in [3.8, 4) is 0 Å². The predicted octanol–water partition coefficient (Wildman–Crippen LogP) is 1.78. The number of rotatable bonds is 6. The maximum Gasteiger partial charge on any atom is 0.331 e. The molecule has 0 N–H and O–H groups in total. The molecule has 0 aromatic heterocycles. The zero-order valence-corrected chi connectivity index (χ0v) is 9.51. The number of carbonyl (C=O) groups is 2.